The second kappa shape index (κ2) is 4.72. The Hall–Kier alpha value is -0.660. The molecular weight excluding hydrogens is 219 g/mol. The van der Waals surface area contributed by atoms with Crippen molar-refractivity contribution in [3.63, 3.8) is 0 Å². The van der Waals surface area contributed by atoms with Gasteiger partial charge in [-0.3, -0.25) is 0 Å². The third kappa shape index (κ3) is 2.05. The maximum Gasteiger partial charge on any atom is 0.146 e. The average Bonchev–Trinajstić information content (AvgIpc) is 2.20. The first-order chi connectivity index (χ1) is 6.61. The van der Waals surface area contributed by atoms with Gasteiger partial charge < -0.3 is 4.74 Å². The molecule has 0 bridgehead atoms. The summed E-state index contributed by atoms with van der Waals surface area (Å²) in [7, 11) is 1.57. The van der Waals surface area contributed by atoms with E-state index in [0.29, 0.717) is 15.8 Å². The van der Waals surface area contributed by atoms with Crippen LogP contribution >= 0.6 is 23.2 Å². The number of benzene rings is 1. The summed E-state index contributed by atoms with van der Waals surface area (Å²) in [6.07, 6.45) is 0.855. The number of allylic oxidation sites excluding steroid dienone is 1. The zero-order valence-electron chi connectivity index (χ0n) is 8.23. The number of rotatable bonds is 3. The lowest BCUT2D eigenvalue weighted by Crippen LogP contribution is -1.92. The Morgan fingerprint density at radius 3 is 2.57 bits per heavy atom. The smallest absolute Gasteiger partial charge is 0.146 e. The van der Waals surface area contributed by atoms with E-state index < -0.39 is 0 Å². The Morgan fingerprint density at radius 1 is 1.43 bits per heavy atom. The van der Waals surface area contributed by atoms with Crippen molar-refractivity contribution in [3.05, 3.63) is 34.3 Å². The van der Waals surface area contributed by atoms with Gasteiger partial charge in [0.25, 0.3) is 0 Å². The van der Waals surface area contributed by atoms with Crippen LogP contribution in [0.4, 0.5) is 0 Å². The van der Waals surface area contributed by atoms with Gasteiger partial charge in [-0.25, -0.2) is 0 Å². The van der Waals surface area contributed by atoms with E-state index in [9.17, 15) is 0 Å². The van der Waals surface area contributed by atoms with Crippen LogP contribution < -0.4 is 4.74 Å². The third-order valence-corrected chi connectivity index (χ3v) is 2.85. The van der Waals surface area contributed by atoms with E-state index in [1.54, 1.807) is 13.2 Å². The molecule has 0 atom stereocenters. The molecule has 0 aromatic heterocycles. The minimum Gasteiger partial charge on any atom is -0.494 e. The SMILES string of the molecule is C=C(CC)c1ccc(Cl)c(Cl)c1OC. The van der Waals surface area contributed by atoms with Gasteiger partial charge in [-0.1, -0.05) is 36.7 Å². The predicted molar refractivity (Wildman–Crippen MR) is 62.3 cm³/mol. The van der Waals surface area contributed by atoms with Crippen molar-refractivity contribution in [2.75, 3.05) is 7.11 Å². The van der Waals surface area contributed by atoms with Crippen molar-refractivity contribution in [1.29, 1.82) is 0 Å². The maximum absolute atomic E-state index is 6.00. The zero-order valence-corrected chi connectivity index (χ0v) is 9.74. The van der Waals surface area contributed by atoms with Crippen molar-refractivity contribution in [2.24, 2.45) is 0 Å². The third-order valence-electron chi connectivity index (χ3n) is 2.06. The quantitative estimate of drug-likeness (QED) is 0.747. The molecule has 0 radical (unpaired) electrons. The van der Waals surface area contributed by atoms with Gasteiger partial charge in [0.2, 0.25) is 0 Å². The lowest BCUT2D eigenvalue weighted by molar-refractivity contribution is 0.413. The lowest BCUT2D eigenvalue weighted by atomic mass is 10.0. The van der Waals surface area contributed by atoms with Gasteiger partial charge in [-0.15, -0.1) is 0 Å². The monoisotopic (exact) mass is 230 g/mol. The highest BCUT2D eigenvalue weighted by atomic mass is 35.5. The fourth-order valence-corrected chi connectivity index (χ4v) is 1.59. The predicted octanol–water partition coefficient (Wildman–Crippen LogP) is 4.43. The van der Waals surface area contributed by atoms with Crippen LogP contribution in [0.1, 0.15) is 18.9 Å². The number of ether oxygens (including phenoxy) is 1. The highest BCUT2D eigenvalue weighted by molar-refractivity contribution is 6.43. The molecule has 0 saturated heterocycles. The van der Waals surface area contributed by atoms with Crippen LogP contribution in [-0.2, 0) is 0 Å². The summed E-state index contributed by atoms with van der Waals surface area (Å²) in [6, 6.07) is 3.63. The van der Waals surface area contributed by atoms with Crippen molar-refractivity contribution >= 4 is 28.8 Å². The summed E-state index contributed by atoms with van der Waals surface area (Å²) >= 11 is 11.9. The van der Waals surface area contributed by atoms with Crippen molar-refractivity contribution in [3.8, 4) is 5.75 Å². The van der Waals surface area contributed by atoms with E-state index >= 15 is 0 Å². The van der Waals surface area contributed by atoms with Gasteiger partial charge in [-0.05, 0) is 24.1 Å². The Labute approximate surface area is 94.3 Å². The second-order valence-electron chi connectivity index (χ2n) is 2.90. The van der Waals surface area contributed by atoms with Crippen LogP contribution in [0.3, 0.4) is 0 Å². The summed E-state index contributed by atoms with van der Waals surface area (Å²) in [6.45, 7) is 5.97. The highest BCUT2D eigenvalue weighted by Gasteiger charge is 2.12. The van der Waals surface area contributed by atoms with E-state index in [0.717, 1.165) is 17.6 Å². The Bertz CT molecular complexity index is 359. The molecule has 0 amide bonds. The van der Waals surface area contributed by atoms with Crippen LogP contribution in [0.2, 0.25) is 10.0 Å². The molecule has 0 unspecified atom stereocenters. The number of hydrogen-bond donors (Lipinski definition) is 0. The van der Waals surface area contributed by atoms with E-state index in [4.69, 9.17) is 27.9 Å². The van der Waals surface area contributed by atoms with Gasteiger partial charge in [0.15, 0.2) is 0 Å². The van der Waals surface area contributed by atoms with Gasteiger partial charge in [0.1, 0.15) is 10.8 Å². The molecule has 14 heavy (non-hydrogen) atoms. The minimum atomic E-state index is 0.446. The normalized spacial score (nSPS) is 10.0. The Morgan fingerprint density at radius 2 is 2.07 bits per heavy atom. The molecule has 0 fully saturated rings. The molecule has 1 nitrogen and oxygen atoms in total. The average molecular weight is 231 g/mol. The van der Waals surface area contributed by atoms with Crippen molar-refractivity contribution in [2.45, 2.75) is 13.3 Å². The number of hydrogen-bond acceptors (Lipinski definition) is 1. The highest BCUT2D eigenvalue weighted by Crippen LogP contribution is 2.38. The van der Waals surface area contributed by atoms with Gasteiger partial charge >= 0.3 is 0 Å². The van der Waals surface area contributed by atoms with Crippen LogP contribution in [0.25, 0.3) is 5.57 Å². The molecule has 0 aliphatic carbocycles. The summed E-state index contributed by atoms with van der Waals surface area (Å²) in [5.41, 5.74) is 1.91. The van der Waals surface area contributed by atoms with Crippen molar-refractivity contribution in [1.82, 2.24) is 0 Å². The largest absolute Gasteiger partial charge is 0.494 e. The first kappa shape index (κ1) is 11.4. The molecule has 0 N–H and O–H groups in total. The molecule has 1 aromatic rings. The first-order valence-electron chi connectivity index (χ1n) is 4.32. The van der Waals surface area contributed by atoms with Gasteiger partial charge in [-0.2, -0.15) is 0 Å². The second-order valence-corrected chi connectivity index (χ2v) is 3.68. The minimum absolute atomic E-state index is 0.446. The first-order valence-corrected chi connectivity index (χ1v) is 5.07. The van der Waals surface area contributed by atoms with Crippen molar-refractivity contribution < 1.29 is 4.74 Å². The van der Waals surface area contributed by atoms with E-state index in [-0.39, 0.29) is 0 Å². The summed E-state index contributed by atoms with van der Waals surface area (Å²) in [5.74, 6) is 0.603. The van der Waals surface area contributed by atoms with E-state index in [1.807, 2.05) is 13.0 Å². The number of methoxy groups -OCH3 is 1. The molecule has 0 spiro atoms. The van der Waals surface area contributed by atoms with Crippen LogP contribution in [0.15, 0.2) is 18.7 Å². The molecule has 1 aromatic carbocycles. The molecule has 0 heterocycles. The molecule has 0 aliphatic rings. The van der Waals surface area contributed by atoms with Crippen LogP contribution in [0.5, 0.6) is 5.75 Å². The Balaban J connectivity index is 3.31. The lowest BCUT2D eigenvalue weighted by Gasteiger charge is -2.12. The zero-order chi connectivity index (χ0) is 10.7. The van der Waals surface area contributed by atoms with Crippen LogP contribution in [-0.4, -0.2) is 7.11 Å². The fourth-order valence-electron chi connectivity index (χ4n) is 1.20. The maximum atomic E-state index is 6.00. The molecular formula is C11H12Cl2O. The molecule has 3 heteroatoms. The summed E-state index contributed by atoms with van der Waals surface area (Å²) in [4.78, 5) is 0. The van der Waals surface area contributed by atoms with E-state index in [1.165, 1.54) is 0 Å². The standard InChI is InChI=1S/C11H12Cl2O/c1-4-7(2)8-5-6-9(12)10(13)11(8)14-3/h5-6H,2,4H2,1,3H3. The molecule has 0 aliphatic heterocycles. The van der Waals surface area contributed by atoms with Gasteiger partial charge in [0.05, 0.1) is 12.1 Å². The van der Waals surface area contributed by atoms with Crippen LogP contribution in [0, 0.1) is 0 Å². The molecule has 76 valence electrons. The van der Waals surface area contributed by atoms with Gasteiger partial charge in [0, 0.05) is 5.56 Å². The van der Waals surface area contributed by atoms with E-state index in [2.05, 4.69) is 6.58 Å². The Kier molecular flexibility index (Phi) is 3.85. The summed E-state index contributed by atoms with van der Waals surface area (Å²) in [5, 5.41) is 0.942. The fraction of sp³-hybridized carbons (Fsp3) is 0.273. The molecule has 0 saturated carbocycles. The number of halogens is 2. The molecule has 1 rings (SSSR count). The topological polar surface area (TPSA) is 9.23 Å². The summed E-state index contributed by atoms with van der Waals surface area (Å²) < 4.78 is 5.20.